The number of nitrogens with zero attached hydrogens (tertiary/aromatic N) is 3. The molecule has 0 unspecified atom stereocenters. The molecule has 0 aliphatic carbocycles. The van der Waals surface area contributed by atoms with Crippen molar-refractivity contribution in [3.05, 3.63) is 58.8 Å². The van der Waals surface area contributed by atoms with Crippen LogP contribution in [0.4, 0.5) is 0 Å². The zero-order valence-corrected chi connectivity index (χ0v) is 13.0. The summed E-state index contributed by atoms with van der Waals surface area (Å²) in [4.78, 5) is 4.11. The third kappa shape index (κ3) is 3.43. The van der Waals surface area contributed by atoms with Gasteiger partial charge in [-0.3, -0.25) is 4.98 Å². The molecule has 0 fully saturated rings. The van der Waals surface area contributed by atoms with E-state index in [9.17, 15) is 8.42 Å². The van der Waals surface area contributed by atoms with Crippen LogP contribution in [-0.4, -0.2) is 31.1 Å². The Labute approximate surface area is 126 Å². The third-order valence-corrected chi connectivity index (χ3v) is 4.70. The van der Waals surface area contributed by atoms with Crippen molar-refractivity contribution < 1.29 is 8.42 Å². The minimum Gasteiger partial charge on any atom is -0.264 e. The maximum Gasteiger partial charge on any atom is 0.278 e. The lowest BCUT2D eigenvalue weighted by molar-refractivity contribution is 0.491. The van der Waals surface area contributed by atoms with Gasteiger partial charge in [-0.1, -0.05) is 22.0 Å². The second kappa shape index (κ2) is 6.15. The van der Waals surface area contributed by atoms with Crippen LogP contribution in [0.15, 0.2) is 63.3 Å². The summed E-state index contributed by atoms with van der Waals surface area (Å²) >= 11 is 3.27. The van der Waals surface area contributed by atoms with E-state index < -0.39 is 10.0 Å². The summed E-state index contributed by atoms with van der Waals surface area (Å²) in [5, 5.41) is 3.93. The molecule has 2 rings (SSSR count). The van der Waals surface area contributed by atoms with Crippen LogP contribution in [0.3, 0.4) is 0 Å². The first-order chi connectivity index (χ1) is 9.50. The molecule has 0 amide bonds. The van der Waals surface area contributed by atoms with E-state index in [0.29, 0.717) is 0 Å². The highest BCUT2D eigenvalue weighted by Crippen LogP contribution is 2.17. The molecule has 1 heterocycles. The molecule has 0 saturated heterocycles. The van der Waals surface area contributed by atoms with E-state index in [1.54, 1.807) is 36.7 Å². The molecule has 1 aromatic carbocycles. The Bertz CT molecular complexity index is 700. The van der Waals surface area contributed by atoms with Crippen LogP contribution in [0.1, 0.15) is 5.56 Å². The highest BCUT2D eigenvalue weighted by atomic mass is 79.9. The normalized spacial score (nSPS) is 11.7. The van der Waals surface area contributed by atoms with Gasteiger partial charge in [0.1, 0.15) is 0 Å². The molecule has 0 aliphatic heterocycles. The topological polar surface area (TPSA) is 62.6 Å². The van der Waals surface area contributed by atoms with Gasteiger partial charge < -0.3 is 0 Å². The molecule has 0 bridgehead atoms. The number of aromatic nitrogens is 1. The quantitative estimate of drug-likeness (QED) is 0.626. The van der Waals surface area contributed by atoms with Gasteiger partial charge in [0.05, 0.1) is 11.1 Å². The van der Waals surface area contributed by atoms with E-state index in [-0.39, 0.29) is 4.90 Å². The average molecular weight is 354 g/mol. The first-order valence-corrected chi connectivity index (χ1v) is 7.92. The van der Waals surface area contributed by atoms with Gasteiger partial charge in [-0.15, -0.1) is 0 Å². The number of hydrogen-bond donors (Lipinski definition) is 0. The lowest BCUT2D eigenvalue weighted by Crippen LogP contribution is -2.21. The smallest absolute Gasteiger partial charge is 0.264 e. The Morgan fingerprint density at radius 2 is 1.95 bits per heavy atom. The van der Waals surface area contributed by atoms with E-state index in [4.69, 9.17) is 0 Å². The molecule has 5 nitrogen and oxygen atoms in total. The van der Waals surface area contributed by atoms with E-state index in [0.717, 1.165) is 14.5 Å². The lowest BCUT2D eigenvalue weighted by atomic mass is 10.3. The van der Waals surface area contributed by atoms with Crippen LogP contribution in [0.5, 0.6) is 0 Å². The molecular weight excluding hydrogens is 342 g/mol. The Hall–Kier alpha value is -1.73. The summed E-state index contributed by atoms with van der Waals surface area (Å²) < 4.78 is 26.2. The van der Waals surface area contributed by atoms with E-state index in [1.807, 2.05) is 0 Å². The highest BCUT2D eigenvalue weighted by Gasteiger charge is 2.18. The van der Waals surface area contributed by atoms with Crippen LogP contribution < -0.4 is 0 Å². The minimum atomic E-state index is -3.63. The molecule has 0 saturated carbocycles. The molecule has 0 atom stereocenters. The largest absolute Gasteiger partial charge is 0.278 e. The average Bonchev–Trinajstić information content (AvgIpc) is 2.46. The maximum absolute atomic E-state index is 12.2. The summed E-state index contributed by atoms with van der Waals surface area (Å²) in [7, 11) is -2.24. The molecular formula is C13H12BrN3O2S. The van der Waals surface area contributed by atoms with Crippen LogP contribution in [0.25, 0.3) is 0 Å². The number of hydrazone groups is 1. The number of pyridine rings is 1. The van der Waals surface area contributed by atoms with Crippen molar-refractivity contribution in [3.8, 4) is 0 Å². The van der Waals surface area contributed by atoms with Gasteiger partial charge in [0.25, 0.3) is 10.0 Å². The summed E-state index contributed by atoms with van der Waals surface area (Å²) in [6.07, 6.45) is 4.69. The van der Waals surface area contributed by atoms with Gasteiger partial charge in [0, 0.05) is 29.5 Å². The predicted octanol–water partition coefficient (Wildman–Crippen LogP) is 2.50. The van der Waals surface area contributed by atoms with Crippen LogP contribution in [0, 0.1) is 0 Å². The standard InChI is InChI=1S/C13H12BrN3O2S/c1-17(16-10-11-3-2-8-15-9-11)20(18,19)13-6-4-12(14)5-7-13/h2-10H,1H3/b16-10+. The van der Waals surface area contributed by atoms with Gasteiger partial charge in [-0.25, -0.2) is 0 Å². The van der Waals surface area contributed by atoms with Crippen LogP contribution in [0.2, 0.25) is 0 Å². The van der Waals surface area contributed by atoms with Gasteiger partial charge in [-0.2, -0.15) is 17.9 Å². The van der Waals surface area contributed by atoms with Crippen LogP contribution in [-0.2, 0) is 10.0 Å². The number of benzene rings is 1. The van der Waals surface area contributed by atoms with Gasteiger partial charge >= 0.3 is 0 Å². The van der Waals surface area contributed by atoms with Crippen molar-refractivity contribution in [3.63, 3.8) is 0 Å². The summed E-state index contributed by atoms with van der Waals surface area (Å²) in [6, 6.07) is 9.93. The second-order valence-electron chi connectivity index (χ2n) is 3.92. The number of rotatable bonds is 4. The Morgan fingerprint density at radius 3 is 2.55 bits per heavy atom. The monoisotopic (exact) mass is 353 g/mol. The van der Waals surface area contributed by atoms with Crippen LogP contribution >= 0.6 is 15.9 Å². The molecule has 0 spiro atoms. The Morgan fingerprint density at radius 1 is 1.25 bits per heavy atom. The molecule has 0 aliphatic rings. The first kappa shape index (κ1) is 14.7. The predicted molar refractivity (Wildman–Crippen MR) is 80.9 cm³/mol. The summed E-state index contributed by atoms with van der Waals surface area (Å²) in [5.41, 5.74) is 0.727. The van der Waals surface area contributed by atoms with E-state index in [1.165, 1.54) is 25.4 Å². The zero-order chi connectivity index (χ0) is 14.6. The number of sulfonamides is 1. The van der Waals surface area contributed by atoms with Crippen molar-refractivity contribution in [2.24, 2.45) is 5.10 Å². The summed E-state index contributed by atoms with van der Waals surface area (Å²) in [5.74, 6) is 0. The van der Waals surface area contributed by atoms with Crippen molar-refractivity contribution in [2.75, 3.05) is 7.05 Å². The molecule has 0 radical (unpaired) electrons. The molecule has 104 valence electrons. The number of hydrogen-bond acceptors (Lipinski definition) is 4. The Kier molecular flexibility index (Phi) is 4.51. The fourth-order valence-electron chi connectivity index (χ4n) is 1.42. The third-order valence-electron chi connectivity index (χ3n) is 2.51. The maximum atomic E-state index is 12.2. The highest BCUT2D eigenvalue weighted by molar-refractivity contribution is 9.10. The SMILES string of the molecule is CN(/N=C/c1cccnc1)S(=O)(=O)c1ccc(Br)cc1. The van der Waals surface area contributed by atoms with Gasteiger partial charge in [-0.05, 0) is 30.3 Å². The van der Waals surface area contributed by atoms with E-state index >= 15 is 0 Å². The minimum absolute atomic E-state index is 0.187. The zero-order valence-electron chi connectivity index (χ0n) is 10.6. The lowest BCUT2D eigenvalue weighted by Gasteiger charge is -2.13. The Balaban J connectivity index is 2.21. The molecule has 1 aromatic heterocycles. The van der Waals surface area contributed by atoms with Crippen molar-refractivity contribution in [1.29, 1.82) is 0 Å². The second-order valence-corrected chi connectivity index (χ2v) is 6.79. The number of halogens is 1. The van der Waals surface area contributed by atoms with Gasteiger partial charge in [0.2, 0.25) is 0 Å². The van der Waals surface area contributed by atoms with Crippen molar-refractivity contribution in [2.45, 2.75) is 4.90 Å². The molecule has 7 heteroatoms. The van der Waals surface area contributed by atoms with Crippen molar-refractivity contribution >= 4 is 32.2 Å². The molecule has 0 N–H and O–H groups in total. The van der Waals surface area contributed by atoms with Crippen molar-refractivity contribution in [1.82, 2.24) is 9.40 Å². The molecule has 2 aromatic rings. The van der Waals surface area contributed by atoms with E-state index in [2.05, 4.69) is 26.0 Å². The summed E-state index contributed by atoms with van der Waals surface area (Å²) in [6.45, 7) is 0. The fraction of sp³-hybridized carbons (Fsp3) is 0.0769. The fourth-order valence-corrected chi connectivity index (χ4v) is 2.64. The van der Waals surface area contributed by atoms with Gasteiger partial charge in [0.15, 0.2) is 0 Å². The molecule has 20 heavy (non-hydrogen) atoms. The first-order valence-electron chi connectivity index (χ1n) is 5.68.